The highest BCUT2D eigenvalue weighted by molar-refractivity contribution is 8.00. The summed E-state index contributed by atoms with van der Waals surface area (Å²) in [6.45, 7) is 5.01. The molecule has 2 fully saturated rings. The predicted molar refractivity (Wildman–Crippen MR) is 188 cm³/mol. The lowest BCUT2D eigenvalue weighted by Crippen LogP contribution is -2.50. The number of likely N-dealkylation sites (tertiary alicyclic amines) is 1. The second-order valence-corrected chi connectivity index (χ2v) is 14.2. The van der Waals surface area contributed by atoms with Gasteiger partial charge in [0.25, 0.3) is 5.91 Å². The van der Waals surface area contributed by atoms with Crippen molar-refractivity contribution in [1.29, 1.82) is 0 Å². The van der Waals surface area contributed by atoms with E-state index in [0.717, 1.165) is 56.9 Å². The van der Waals surface area contributed by atoms with Gasteiger partial charge in [0.15, 0.2) is 11.5 Å². The number of hydrogen-bond acceptors (Lipinski definition) is 8. The molecule has 11 nitrogen and oxygen atoms in total. The molecule has 50 heavy (non-hydrogen) atoms. The topological polar surface area (TPSA) is 125 Å². The van der Waals surface area contributed by atoms with Gasteiger partial charge in [-0.2, -0.15) is 0 Å². The highest BCUT2D eigenvalue weighted by Crippen LogP contribution is 2.41. The second kappa shape index (κ2) is 15.4. The van der Waals surface area contributed by atoms with E-state index in [2.05, 4.69) is 21.0 Å². The molecule has 6 rings (SSSR count). The van der Waals surface area contributed by atoms with Gasteiger partial charge in [0.1, 0.15) is 23.1 Å². The molecule has 2 unspecified atom stereocenters. The number of hydrazine groups is 1. The highest BCUT2D eigenvalue weighted by atomic mass is 32.2. The number of piperidine rings is 1. The molecule has 0 spiro atoms. The van der Waals surface area contributed by atoms with Crippen molar-refractivity contribution in [3.63, 3.8) is 0 Å². The monoisotopic (exact) mass is 722 g/mol. The molecule has 5 amide bonds. The fourth-order valence-corrected chi connectivity index (χ4v) is 7.79. The number of anilines is 1. The lowest BCUT2D eigenvalue weighted by Gasteiger charge is -2.33. The predicted octanol–water partition coefficient (Wildman–Crippen LogP) is 6.94. The maximum Gasteiger partial charge on any atom is 0.338 e. The van der Waals surface area contributed by atoms with Gasteiger partial charge in [-0.1, -0.05) is 17.8 Å². The Morgan fingerprint density at radius 1 is 1.06 bits per heavy atom. The third kappa shape index (κ3) is 7.99. The first-order chi connectivity index (χ1) is 24.1. The number of methoxy groups -OCH3 is 1. The van der Waals surface area contributed by atoms with E-state index < -0.39 is 28.9 Å². The summed E-state index contributed by atoms with van der Waals surface area (Å²) in [6.07, 6.45) is 3.17. The number of hydrogen-bond donors (Lipinski definition) is 3. The lowest BCUT2D eigenvalue weighted by molar-refractivity contribution is -0.130. The van der Waals surface area contributed by atoms with Gasteiger partial charge in [-0.3, -0.25) is 9.78 Å². The number of halogens is 2. The van der Waals surface area contributed by atoms with Gasteiger partial charge in [-0.15, -0.1) is 11.8 Å². The Morgan fingerprint density at radius 2 is 1.82 bits per heavy atom. The maximum atomic E-state index is 14.4. The number of thioether (sulfide) groups is 1. The molecule has 0 bridgehead atoms. The van der Waals surface area contributed by atoms with Gasteiger partial charge in [0.2, 0.25) is 0 Å². The summed E-state index contributed by atoms with van der Waals surface area (Å²) in [4.78, 5) is 46.0. The van der Waals surface area contributed by atoms with Crippen LogP contribution in [-0.4, -0.2) is 71.0 Å². The minimum absolute atomic E-state index is 0.0353. The van der Waals surface area contributed by atoms with Crippen LogP contribution in [0.15, 0.2) is 76.7 Å². The summed E-state index contributed by atoms with van der Waals surface area (Å²) < 4.78 is 40.9. The van der Waals surface area contributed by atoms with Crippen molar-refractivity contribution in [3.8, 4) is 11.5 Å². The summed E-state index contributed by atoms with van der Waals surface area (Å²) in [6, 6.07) is 15.4. The quantitative estimate of drug-likeness (QED) is 0.170. The number of nitrogens with zero attached hydrogens (tertiary/aromatic N) is 3. The van der Waals surface area contributed by atoms with E-state index in [9.17, 15) is 23.2 Å². The molecule has 1 aromatic heterocycles. The molecule has 2 aliphatic rings. The van der Waals surface area contributed by atoms with E-state index >= 15 is 0 Å². The summed E-state index contributed by atoms with van der Waals surface area (Å²) in [5, 5.41) is 6.38. The Kier molecular flexibility index (Phi) is 10.8. The van der Waals surface area contributed by atoms with Gasteiger partial charge < -0.3 is 25.0 Å². The zero-order valence-electron chi connectivity index (χ0n) is 27.6. The Bertz CT molecular complexity index is 1880. The zero-order chi connectivity index (χ0) is 35.4. The van der Waals surface area contributed by atoms with E-state index in [1.165, 1.54) is 17.8 Å². The van der Waals surface area contributed by atoms with Crippen LogP contribution in [0.25, 0.3) is 10.9 Å². The number of aromatic nitrogens is 1. The molecule has 0 aliphatic carbocycles. The number of ether oxygens (including phenoxy) is 2. The van der Waals surface area contributed by atoms with Gasteiger partial charge in [-0.05, 0) is 75.2 Å². The summed E-state index contributed by atoms with van der Waals surface area (Å²) >= 11 is 2.52. The molecule has 0 saturated carbocycles. The first-order valence-corrected chi connectivity index (χ1v) is 17.9. The number of pyridine rings is 1. The van der Waals surface area contributed by atoms with Crippen molar-refractivity contribution in [2.45, 2.75) is 54.0 Å². The van der Waals surface area contributed by atoms with Gasteiger partial charge in [-0.25, -0.2) is 28.8 Å². The van der Waals surface area contributed by atoms with Crippen LogP contribution in [0.1, 0.15) is 37.6 Å². The van der Waals surface area contributed by atoms with E-state index in [1.54, 1.807) is 30.3 Å². The van der Waals surface area contributed by atoms with Crippen molar-refractivity contribution in [2.75, 3.05) is 31.3 Å². The molecule has 2 atom stereocenters. The fourth-order valence-electron chi connectivity index (χ4n) is 5.71. The zero-order valence-corrected chi connectivity index (χ0v) is 29.2. The van der Waals surface area contributed by atoms with E-state index in [0.29, 0.717) is 35.8 Å². The average molecular weight is 723 g/mol. The molecular formula is C35H36F2N6O5S2. The SMILES string of the molecule is COc1cc2c(Sc3ccc(NC(=O)NN4C(=O)CSC4c4c(F)cccc4F)cc3)ccnc2cc1OC1CCCN(C(=O)NC(C)C)C1. The Balaban J connectivity index is 1.11. The Labute approximate surface area is 296 Å². The number of carbonyl (C=O) groups is 3. The molecule has 15 heteroatoms. The van der Waals surface area contributed by atoms with Gasteiger partial charge in [0, 0.05) is 45.7 Å². The molecule has 2 aliphatic heterocycles. The smallest absolute Gasteiger partial charge is 0.338 e. The van der Waals surface area contributed by atoms with Crippen molar-refractivity contribution in [2.24, 2.45) is 0 Å². The highest BCUT2D eigenvalue weighted by Gasteiger charge is 2.37. The average Bonchev–Trinajstić information content (AvgIpc) is 3.43. The summed E-state index contributed by atoms with van der Waals surface area (Å²) in [5.74, 6) is -1.00. The van der Waals surface area contributed by atoms with Crippen LogP contribution < -0.4 is 25.5 Å². The third-order valence-electron chi connectivity index (χ3n) is 8.03. The molecule has 262 valence electrons. The van der Waals surface area contributed by atoms with E-state index in [-0.39, 0.29) is 29.5 Å². The Morgan fingerprint density at radius 3 is 2.54 bits per heavy atom. The molecular weight excluding hydrogens is 687 g/mol. The van der Waals surface area contributed by atoms with Crippen LogP contribution in [0.3, 0.4) is 0 Å². The maximum absolute atomic E-state index is 14.4. The van der Waals surface area contributed by atoms with Crippen molar-refractivity contribution in [1.82, 2.24) is 25.6 Å². The standard InChI is InChI=1S/C35H36F2N6O5S2/c1-20(2)39-35(46)42-15-5-6-22(18-42)48-29-17-27-24(16-28(29)47-3)30(13-14-38-27)50-23-11-9-21(10-12-23)40-34(45)41-43-31(44)19-49-33(43)32-25(36)7-4-8-26(32)37/h4,7-14,16-17,20,22,33H,5-6,15,18-19H2,1-3H3,(H,39,46)(H2,40,41,45). The molecule has 3 aromatic carbocycles. The summed E-state index contributed by atoms with van der Waals surface area (Å²) in [5.41, 5.74) is 3.31. The summed E-state index contributed by atoms with van der Waals surface area (Å²) in [7, 11) is 1.58. The fraction of sp³-hybridized carbons (Fsp3) is 0.314. The van der Waals surface area contributed by atoms with Crippen LogP contribution in [0.4, 0.5) is 24.1 Å². The van der Waals surface area contributed by atoms with Crippen molar-refractivity contribution >= 4 is 58.1 Å². The van der Waals surface area contributed by atoms with Crippen LogP contribution in [0.5, 0.6) is 11.5 Å². The number of urea groups is 2. The van der Waals surface area contributed by atoms with Crippen LogP contribution in [0.2, 0.25) is 0 Å². The first-order valence-electron chi connectivity index (χ1n) is 16.0. The minimum Gasteiger partial charge on any atom is -0.493 e. The Hall–Kier alpha value is -4.76. The van der Waals surface area contributed by atoms with Gasteiger partial charge >= 0.3 is 12.1 Å². The normalized spacial score (nSPS) is 17.6. The first kappa shape index (κ1) is 35.1. The van der Waals surface area contributed by atoms with Crippen LogP contribution >= 0.6 is 23.5 Å². The van der Waals surface area contributed by atoms with Crippen molar-refractivity contribution in [3.05, 3.63) is 84.1 Å². The number of benzene rings is 3. The van der Waals surface area contributed by atoms with Crippen LogP contribution in [-0.2, 0) is 4.79 Å². The number of rotatable bonds is 9. The second-order valence-electron chi connectivity index (χ2n) is 12.0. The number of amides is 5. The van der Waals surface area contributed by atoms with Crippen LogP contribution in [0, 0.1) is 11.6 Å². The third-order valence-corrected chi connectivity index (χ3v) is 10.3. The molecule has 3 heterocycles. The van der Waals surface area contributed by atoms with E-state index in [1.807, 2.05) is 44.2 Å². The van der Waals surface area contributed by atoms with E-state index in [4.69, 9.17) is 9.47 Å². The lowest BCUT2D eigenvalue weighted by atomic mass is 10.1. The largest absolute Gasteiger partial charge is 0.493 e. The van der Waals surface area contributed by atoms with Gasteiger partial charge in [0.05, 0.1) is 30.5 Å². The van der Waals surface area contributed by atoms with Crippen molar-refractivity contribution < 1.29 is 32.6 Å². The minimum atomic E-state index is -1.04. The number of carbonyl (C=O) groups excluding carboxylic acids is 3. The molecule has 2 saturated heterocycles. The number of nitrogens with one attached hydrogen (secondary N) is 3. The molecule has 0 radical (unpaired) electrons. The molecule has 4 aromatic rings. The molecule has 3 N–H and O–H groups in total. The number of fused-ring (bicyclic) bond motifs is 1.